The van der Waals surface area contributed by atoms with Gasteiger partial charge >= 0.3 is 12.2 Å². The lowest BCUT2D eigenvalue weighted by atomic mass is 9.75. The van der Waals surface area contributed by atoms with Crippen LogP contribution in [-0.4, -0.2) is 83.4 Å². The first-order valence-electron chi connectivity index (χ1n) is 10.9. The van der Waals surface area contributed by atoms with E-state index >= 15 is 0 Å². The first-order chi connectivity index (χ1) is 13.3. The molecule has 3 aliphatic heterocycles. The van der Waals surface area contributed by atoms with Crippen LogP contribution in [0.3, 0.4) is 0 Å². The second kappa shape index (κ2) is 6.78. The van der Waals surface area contributed by atoms with Gasteiger partial charge in [0.1, 0.15) is 5.60 Å². The Morgan fingerprint density at radius 3 is 2.43 bits per heavy atom. The highest BCUT2D eigenvalue weighted by molar-refractivity contribution is 5.72. The molecule has 0 bridgehead atoms. The second-order valence-corrected chi connectivity index (χ2v) is 9.65. The fraction of sp³-hybridized carbons (Fsp3) is 0.905. The molecule has 7 nitrogen and oxygen atoms in total. The molecule has 4 aliphatic rings. The van der Waals surface area contributed by atoms with E-state index in [2.05, 4.69) is 18.7 Å². The molecule has 7 heteroatoms. The number of amides is 2. The molecule has 1 atom stereocenters. The third kappa shape index (κ3) is 2.88. The van der Waals surface area contributed by atoms with E-state index in [1.54, 1.807) is 0 Å². The van der Waals surface area contributed by atoms with E-state index in [0.717, 1.165) is 39.0 Å². The maximum Gasteiger partial charge on any atom is 0.410 e. The Balaban J connectivity index is 1.32. The second-order valence-electron chi connectivity index (χ2n) is 9.65. The van der Waals surface area contributed by atoms with E-state index in [9.17, 15) is 9.59 Å². The van der Waals surface area contributed by atoms with Crippen LogP contribution in [0, 0.1) is 5.41 Å². The van der Waals surface area contributed by atoms with Crippen molar-refractivity contribution in [1.29, 1.82) is 0 Å². The number of piperidine rings is 1. The molecule has 0 radical (unpaired) electrons. The standard InChI is InChI=1S/C21H35N3O4/c1-5-24-18(26)28-21(19(24,3)4)9-11-22(12-10-21)16-7-8-20(13-16)14-23(15-20)17(25)27-6-2/h16H,5-15H2,1-4H3. The molecule has 1 aliphatic carbocycles. The number of hydrogen-bond donors (Lipinski definition) is 0. The van der Waals surface area contributed by atoms with Gasteiger partial charge in [-0.3, -0.25) is 4.90 Å². The highest BCUT2D eigenvalue weighted by Gasteiger charge is 2.60. The molecule has 4 fully saturated rings. The molecule has 1 unspecified atom stereocenters. The van der Waals surface area contributed by atoms with E-state index in [4.69, 9.17) is 9.47 Å². The van der Waals surface area contributed by atoms with Crippen molar-refractivity contribution >= 4 is 12.2 Å². The largest absolute Gasteiger partial charge is 0.450 e. The van der Waals surface area contributed by atoms with Crippen LogP contribution in [0.4, 0.5) is 9.59 Å². The van der Waals surface area contributed by atoms with E-state index in [1.165, 1.54) is 19.3 Å². The van der Waals surface area contributed by atoms with E-state index in [0.29, 0.717) is 24.6 Å². The van der Waals surface area contributed by atoms with Gasteiger partial charge in [0, 0.05) is 57.0 Å². The summed E-state index contributed by atoms with van der Waals surface area (Å²) in [6.45, 7) is 13.0. The molecule has 2 amide bonds. The summed E-state index contributed by atoms with van der Waals surface area (Å²) in [4.78, 5) is 30.5. The normalized spacial score (nSPS) is 30.6. The number of ether oxygens (including phenoxy) is 2. The molecule has 3 heterocycles. The fourth-order valence-electron chi connectivity index (χ4n) is 6.19. The molecule has 0 aromatic heterocycles. The summed E-state index contributed by atoms with van der Waals surface area (Å²) in [6, 6.07) is 0.587. The zero-order valence-corrected chi connectivity index (χ0v) is 17.8. The minimum absolute atomic E-state index is 0.158. The van der Waals surface area contributed by atoms with Crippen LogP contribution in [0.2, 0.25) is 0 Å². The summed E-state index contributed by atoms with van der Waals surface area (Å²) in [7, 11) is 0. The molecule has 158 valence electrons. The van der Waals surface area contributed by atoms with Gasteiger partial charge in [-0.25, -0.2) is 9.59 Å². The number of hydrogen-bond acceptors (Lipinski definition) is 5. The minimum atomic E-state index is -0.357. The van der Waals surface area contributed by atoms with E-state index in [1.807, 2.05) is 23.6 Å². The Morgan fingerprint density at radius 2 is 1.86 bits per heavy atom. The fourth-order valence-corrected chi connectivity index (χ4v) is 6.19. The van der Waals surface area contributed by atoms with Gasteiger partial charge in [0.25, 0.3) is 0 Å². The number of rotatable bonds is 3. The molecule has 2 spiro atoms. The number of likely N-dealkylation sites (N-methyl/N-ethyl adjacent to an activating group) is 1. The van der Waals surface area contributed by atoms with Crippen molar-refractivity contribution in [3.8, 4) is 0 Å². The molecule has 0 aromatic rings. The SMILES string of the molecule is CCOC(=O)N1CC2(CCC(N3CCC4(CC3)OC(=O)N(CC)C4(C)C)C2)C1. The quantitative estimate of drug-likeness (QED) is 0.737. The average molecular weight is 394 g/mol. The molecule has 1 saturated carbocycles. The summed E-state index contributed by atoms with van der Waals surface area (Å²) in [6.07, 6.45) is 5.05. The van der Waals surface area contributed by atoms with E-state index in [-0.39, 0.29) is 23.3 Å². The molecule has 0 aromatic carbocycles. The van der Waals surface area contributed by atoms with Crippen LogP contribution in [0.15, 0.2) is 0 Å². The van der Waals surface area contributed by atoms with Gasteiger partial charge in [-0.15, -0.1) is 0 Å². The molecular weight excluding hydrogens is 358 g/mol. The first-order valence-corrected chi connectivity index (χ1v) is 10.9. The predicted octanol–water partition coefficient (Wildman–Crippen LogP) is 3.08. The van der Waals surface area contributed by atoms with Crippen LogP contribution >= 0.6 is 0 Å². The van der Waals surface area contributed by atoms with Crippen molar-refractivity contribution in [2.24, 2.45) is 5.41 Å². The van der Waals surface area contributed by atoms with Crippen molar-refractivity contribution in [3.63, 3.8) is 0 Å². The highest BCUT2D eigenvalue weighted by atomic mass is 16.6. The van der Waals surface area contributed by atoms with Gasteiger partial charge in [-0.2, -0.15) is 0 Å². The van der Waals surface area contributed by atoms with Gasteiger partial charge in [0.05, 0.1) is 12.1 Å². The van der Waals surface area contributed by atoms with Gasteiger partial charge in [0.2, 0.25) is 0 Å². The monoisotopic (exact) mass is 393 g/mol. The molecule has 4 rings (SSSR count). The summed E-state index contributed by atoms with van der Waals surface area (Å²) in [5.74, 6) is 0. The zero-order chi connectivity index (χ0) is 20.2. The van der Waals surface area contributed by atoms with Crippen molar-refractivity contribution in [3.05, 3.63) is 0 Å². The maximum atomic E-state index is 12.3. The van der Waals surface area contributed by atoms with Crippen LogP contribution < -0.4 is 0 Å². The predicted molar refractivity (Wildman–Crippen MR) is 105 cm³/mol. The van der Waals surface area contributed by atoms with Crippen molar-refractivity contribution < 1.29 is 19.1 Å². The number of nitrogens with zero attached hydrogens (tertiary/aromatic N) is 3. The Morgan fingerprint density at radius 1 is 1.18 bits per heavy atom. The molecule has 3 saturated heterocycles. The van der Waals surface area contributed by atoms with Crippen molar-refractivity contribution in [2.75, 3.05) is 39.3 Å². The molecule has 28 heavy (non-hydrogen) atoms. The maximum absolute atomic E-state index is 12.3. The Bertz CT molecular complexity index is 636. The number of carbonyl (C=O) groups excluding carboxylic acids is 2. The van der Waals surface area contributed by atoms with E-state index < -0.39 is 0 Å². The zero-order valence-electron chi connectivity index (χ0n) is 17.8. The first kappa shape index (κ1) is 19.8. The lowest BCUT2D eigenvalue weighted by molar-refractivity contribution is -0.0594. The third-order valence-electron chi connectivity index (χ3n) is 7.99. The molecule has 0 N–H and O–H groups in total. The van der Waals surface area contributed by atoms with Crippen molar-refractivity contribution in [1.82, 2.24) is 14.7 Å². The Kier molecular flexibility index (Phi) is 4.80. The highest BCUT2D eigenvalue weighted by Crippen LogP contribution is 2.50. The third-order valence-corrected chi connectivity index (χ3v) is 7.99. The number of carbonyl (C=O) groups is 2. The number of likely N-dealkylation sites (tertiary alicyclic amines) is 2. The van der Waals surface area contributed by atoms with Crippen LogP contribution in [0.25, 0.3) is 0 Å². The lowest BCUT2D eigenvalue weighted by Crippen LogP contribution is -2.60. The summed E-state index contributed by atoms with van der Waals surface area (Å²) in [5.41, 5.74) is -0.315. The van der Waals surface area contributed by atoms with Gasteiger partial charge in [-0.1, -0.05) is 0 Å². The summed E-state index contributed by atoms with van der Waals surface area (Å²) in [5, 5.41) is 0. The van der Waals surface area contributed by atoms with Gasteiger partial charge in [-0.05, 0) is 47.0 Å². The van der Waals surface area contributed by atoms with Crippen LogP contribution in [-0.2, 0) is 9.47 Å². The lowest BCUT2D eigenvalue weighted by Gasteiger charge is -2.49. The topological polar surface area (TPSA) is 62.3 Å². The smallest absolute Gasteiger partial charge is 0.410 e. The molecular formula is C21H35N3O4. The minimum Gasteiger partial charge on any atom is -0.450 e. The van der Waals surface area contributed by atoms with Crippen LogP contribution in [0.5, 0.6) is 0 Å². The Hall–Kier alpha value is -1.50. The Labute approximate surface area is 168 Å². The summed E-state index contributed by atoms with van der Waals surface area (Å²) < 4.78 is 11.1. The summed E-state index contributed by atoms with van der Waals surface area (Å²) >= 11 is 0. The van der Waals surface area contributed by atoms with Crippen LogP contribution in [0.1, 0.15) is 59.8 Å². The van der Waals surface area contributed by atoms with Gasteiger partial charge < -0.3 is 19.3 Å². The van der Waals surface area contributed by atoms with Gasteiger partial charge in [0.15, 0.2) is 0 Å². The van der Waals surface area contributed by atoms with Crippen molar-refractivity contribution in [2.45, 2.75) is 77.0 Å². The average Bonchev–Trinajstić information content (AvgIpc) is 3.13.